The molecule has 0 saturated carbocycles. The molecule has 12 heavy (non-hydrogen) atoms. The molecule has 0 fully saturated rings. The first kappa shape index (κ1) is 8.91. The highest BCUT2D eigenvalue weighted by Gasteiger charge is 2.02. The molecule has 1 aromatic carbocycles. The van der Waals surface area contributed by atoms with Gasteiger partial charge in [0.15, 0.2) is 0 Å². The van der Waals surface area contributed by atoms with Crippen LogP contribution in [0.15, 0.2) is 12.1 Å². The van der Waals surface area contributed by atoms with E-state index in [1.54, 1.807) is 22.7 Å². The molecule has 0 unspecified atom stereocenters. The molecular formula is C7H2Cl2S3. The maximum atomic E-state index is 5.84. The van der Waals surface area contributed by atoms with Crippen molar-refractivity contribution in [1.82, 2.24) is 0 Å². The van der Waals surface area contributed by atoms with Gasteiger partial charge in [-0.2, -0.15) is 0 Å². The Morgan fingerprint density at radius 1 is 1.00 bits per heavy atom. The van der Waals surface area contributed by atoms with Crippen LogP contribution < -0.4 is 0 Å². The van der Waals surface area contributed by atoms with Gasteiger partial charge in [0.1, 0.15) is 3.14 Å². The number of hydrogen-bond donors (Lipinski definition) is 0. The van der Waals surface area contributed by atoms with Crippen molar-refractivity contribution < 1.29 is 0 Å². The highest BCUT2D eigenvalue weighted by atomic mass is 35.5. The number of hydrogen-bond acceptors (Lipinski definition) is 3. The molecule has 5 heteroatoms. The van der Waals surface area contributed by atoms with Crippen molar-refractivity contribution in [2.75, 3.05) is 0 Å². The quantitative estimate of drug-likeness (QED) is 0.595. The second kappa shape index (κ2) is 3.24. The molecule has 0 atom stereocenters. The maximum absolute atomic E-state index is 5.84. The predicted molar refractivity (Wildman–Crippen MR) is 60.6 cm³/mol. The van der Waals surface area contributed by atoms with Crippen molar-refractivity contribution in [2.45, 2.75) is 0 Å². The standard InChI is InChI=1S/C7H2Cl2S3/c8-3-1-5-6(2-4(3)9)12-7(10)11-5/h1-2H. The van der Waals surface area contributed by atoms with Crippen LogP contribution in [0.5, 0.6) is 0 Å². The molecule has 0 spiro atoms. The third kappa shape index (κ3) is 1.52. The van der Waals surface area contributed by atoms with Gasteiger partial charge in [0.2, 0.25) is 0 Å². The number of rotatable bonds is 0. The number of fused-ring (bicyclic) bond motifs is 1. The third-order valence-electron chi connectivity index (χ3n) is 1.37. The van der Waals surface area contributed by atoms with E-state index in [2.05, 4.69) is 0 Å². The lowest BCUT2D eigenvalue weighted by Gasteiger charge is -1.93. The molecule has 0 saturated heterocycles. The van der Waals surface area contributed by atoms with Crippen LogP contribution >= 0.6 is 58.1 Å². The molecule has 0 bridgehead atoms. The summed E-state index contributed by atoms with van der Waals surface area (Å²) in [5.41, 5.74) is 0. The molecule has 0 N–H and O–H groups in total. The van der Waals surface area contributed by atoms with Gasteiger partial charge in [-0.25, -0.2) is 0 Å². The van der Waals surface area contributed by atoms with Crippen molar-refractivity contribution in [1.29, 1.82) is 0 Å². The predicted octanol–water partition coefficient (Wildman–Crippen LogP) is 5.00. The van der Waals surface area contributed by atoms with E-state index in [-0.39, 0.29) is 0 Å². The molecule has 0 amide bonds. The minimum absolute atomic E-state index is 0.591. The minimum Gasteiger partial charge on any atom is -0.113 e. The van der Waals surface area contributed by atoms with Crippen molar-refractivity contribution in [3.63, 3.8) is 0 Å². The zero-order valence-electron chi connectivity index (χ0n) is 5.64. The van der Waals surface area contributed by atoms with E-state index in [9.17, 15) is 0 Å². The van der Waals surface area contributed by atoms with Crippen LogP contribution in [0.25, 0.3) is 9.40 Å². The Morgan fingerprint density at radius 2 is 1.42 bits per heavy atom. The van der Waals surface area contributed by atoms with Crippen LogP contribution in [-0.2, 0) is 0 Å². The Kier molecular flexibility index (Phi) is 2.40. The Hall–Kier alpha value is 0.330. The van der Waals surface area contributed by atoms with E-state index >= 15 is 0 Å². The lowest BCUT2D eigenvalue weighted by molar-refractivity contribution is 1.86. The van der Waals surface area contributed by atoms with E-state index in [4.69, 9.17) is 35.4 Å². The largest absolute Gasteiger partial charge is 0.144 e. The zero-order valence-corrected chi connectivity index (χ0v) is 9.60. The van der Waals surface area contributed by atoms with Gasteiger partial charge in [0.05, 0.1) is 10.0 Å². The average molecular weight is 253 g/mol. The molecule has 0 aliphatic rings. The Labute approximate surface area is 92.4 Å². The molecule has 0 nitrogen and oxygen atoms in total. The summed E-state index contributed by atoms with van der Waals surface area (Å²) in [6, 6.07) is 3.71. The molecule has 0 aliphatic carbocycles. The van der Waals surface area contributed by atoms with Gasteiger partial charge in [0, 0.05) is 9.40 Å². The highest BCUT2D eigenvalue weighted by Crippen LogP contribution is 2.34. The van der Waals surface area contributed by atoms with Gasteiger partial charge in [-0.05, 0) is 12.1 Å². The van der Waals surface area contributed by atoms with Gasteiger partial charge in [-0.3, -0.25) is 0 Å². The molecule has 1 heterocycles. The molecule has 0 aliphatic heterocycles. The smallest absolute Gasteiger partial charge is 0.113 e. The van der Waals surface area contributed by atoms with Gasteiger partial charge < -0.3 is 0 Å². The first-order valence-corrected chi connectivity index (χ1v) is 5.85. The van der Waals surface area contributed by atoms with E-state index in [0.29, 0.717) is 10.0 Å². The second-order valence-electron chi connectivity index (χ2n) is 2.17. The lowest BCUT2D eigenvalue weighted by atomic mass is 10.4. The van der Waals surface area contributed by atoms with Crippen LogP contribution in [0.1, 0.15) is 0 Å². The molecule has 2 aromatic rings. The van der Waals surface area contributed by atoms with Gasteiger partial charge >= 0.3 is 0 Å². The van der Waals surface area contributed by atoms with E-state index in [1.165, 1.54) is 0 Å². The zero-order chi connectivity index (χ0) is 8.72. The van der Waals surface area contributed by atoms with Crippen LogP contribution in [0.4, 0.5) is 0 Å². The van der Waals surface area contributed by atoms with E-state index in [1.807, 2.05) is 12.1 Å². The first-order chi connectivity index (χ1) is 5.66. The molecular weight excluding hydrogens is 251 g/mol. The van der Waals surface area contributed by atoms with Gasteiger partial charge in [0.25, 0.3) is 0 Å². The lowest BCUT2D eigenvalue weighted by Crippen LogP contribution is -1.65. The van der Waals surface area contributed by atoms with Crippen molar-refractivity contribution in [3.8, 4) is 0 Å². The van der Waals surface area contributed by atoms with Crippen LogP contribution in [0.3, 0.4) is 0 Å². The fourth-order valence-electron chi connectivity index (χ4n) is 0.870. The van der Waals surface area contributed by atoms with E-state index in [0.717, 1.165) is 12.5 Å². The Morgan fingerprint density at radius 3 is 1.83 bits per heavy atom. The average Bonchev–Trinajstić information content (AvgIpc) is 2.30. The van der Waals surface area contributed by atoms with Crippen molar-refractivity contribution in [3.05, 3.63) is 25.3 Å². The van der Waals surface area contributed by atoms with Crippen LogP contribution in [-0.4, -0.2) is 0 Å². The summed E-state index contributed by atoms with van der Waals surface area (Å²) in [6.07, 6.45) is 0. The highest BCUT2D eigenvalue weighted by molar-refractivity contribution is 7.77. The second-order valence-corrected chi connectivity index (χ2v) is 6.27. The maximum Gasteiger partial charge on any atom is 0.144 e. The molecule has 62 valence electrons. The Bertz CT molecular complexity index is 441. The summed E-state index contributed by atoms with van der Waals surface area (Å²) >= 11 is 19.9. The summed E-state index contributed by atoms with van der Waals surface area (Å²) in [5, 5.41) is 1.18. The van der Waals surface area contributed by atoms with Crippen LogP contribution in [0, 0.1) is 3.14 Å². The van der Waals surface area contributed by atoms with Gasteiger partial charge in [-0.15, -0.1) is 22.7 Å². The van der Waals surface area contributed by atoms with Crippen LogP contribution in [0.2, 0.25) is 10.0 Å². The molecule has 0 radical (unpaired) electrons. The summed E-state index contributed by atoms with van der Waals surface area (Å²) < 4.78 is 3.13. The number of benzene rings is 1. The molecule has 1 aromatic heterocycles. The summed E-state index contributed by atoms with van der Waals surface area (Å²) in [7, 11) is 0. The normalized spacial score (nSPS) is 10.8. The van der Waals surface area contributed by atoms with Gasteiger partial charge in [-0.1, -0.05) is 35.4 Å². The minimum atomic E-state index is 0.591. The third-order valence-corrected chi connectivity index (χ3v) is 4.67. The Balaban J connectivity index is 2.92. The van der Waals surface area contributed by atoms with Crippen molar-refractivity contribution in [2.24, 2.45) is 0 Å². The monoisotopic (exact) mass is 252 g/mol. The SMILES string of the molecule is S=c1sc2cc(Cl)c(Cl)cc2s1. The fourth-order valence-corrected chi connectivity index (χ4v) is 3.85. The summed E-state index contributed by atoms with van der Waals surface area (Å²) in [5.74, 6) is 0. The summed E-state index contributed by atoms with van der Waals surface area (Å²) in [6.45, 7) is 0. The topological polar surface area (TPSA) is 0 Å². The number of halogens is 2. The first-order valence-electron chi connectivity index (χ1n) is 3.05. The van der Waals surface area contributed by atoms with E-state index < -0.39 is 0 Å². The fraction of sp³-hybridized carbons (Fsp3) is 0. The molecule has 2 rings (SSSR count). The summed E-state index contributed by atoms with van der Waals surface area (Å²) in [4.78, 5) is 0. The van der Waals surface area contributed by atoms with Crippen molar-refractivity contribution >= 4 is 67.5 Å².